The van der Waals surface area contributed by atoms with Gasteiger partial charge in [0, 0.05) is 12.1 Å². The molecule has 1 aromatic carbocycles. The Bertz CT molecular complexity index is 535. The van der Waals surface area contributed by atoms with Crippen molar-refractivity contribution in [1.82, 2.24) is 5.32 Å². The van der Waals surface area contributed by atoms with E-state index in [1.165, 1.54) is 0 Å². The molecule has 1 N–H and O–H groups in total. The molecule has 0 spiro atoms. The molecule has 0 atom stereocenters. The first-order valence-corrected chi connectivity index (χ1v) is 6.49. The summed E-state index contributed by atoms with van der Waals surface area (Å²) < 4.78 is 5.18. The Kier molecular flexibility index (Phi) is 2.98. The Morgan fingerprint density at radius 2 is 2.00 bits per heavy atom. The summed E-state index contributed by atoms with van der Waals surface area (Å²) in [6.45, 7) is 1.75. The van der Waals surface area contributed by atoms with Crippen LogP contribution >= 0.6 is 0 Å². The number of ether oxygens (including phenoxy) is 1. The van der Waals surface area contributed by atoms with Crippen LogP contribution in [0.15, 0.2) is 18.2 Å². The molecule has 0 aromatic heterocycles. The van der Waals surface area contributed by atoms with Gasteiger partial charge in [-0.25, -0.2) is 0 Å². The van der Waals surface area contributed by atoms with Gasteiger partial charge in [-0.3, -0.25) is 9.59 Å². The highest BCUT2D eigenvalue weighted by molar-refractivity contribution is 6.52. The molecule has 2 heterocycles. The van der Waals surface area contributed by atoms with Crippen LogP contribution in [0.3, 0.4) is 0 Å². The van der Waals surface area contributed by atoms with Crippen LogP contribution in [0.4, 0.5) is 5.69 Å². The molecule has 0 aliphatic carbocycles. The molecule has 3 rings (SSSR count). The number of nitrogens with one attached hydrogen (secondary N) is 1. The SMILES string of the molecule is COc1ccc2c(c1)N(C1CCNCC1)C(=O)C2=O. The standard InChI is InChI=1S/C14H16N2O3/c1-19-10-2-3-11-12(8-10)16(14(18)13(11)17)9-4-6-15-7-5-9/h2-3,8-9,15H,4-7H2,1H3. The molecule has 19 heavy (non-hydrogen) atoms. The maximum absolute atomic E-state index is 12.2. The lowest BCUT2D eigenvalue weighted by Crippen LogP contribution is -2.45. The monoisotopic (exact) mass is 260 g/mol. The van der Waals surface area contributed by atoms with Crippen LogP contribution in [0.1, 0.15) is 23.2 Å². The second-order valence-corrected chi connectivity index (χ2v) is 4.87. The number of piperidine rings is 1. The predicted octanol–water partition coefficient (Wildman–Crippen LogP) is 0.976. The zero-order valence-corrected chi connectivity index (χ0v) is 10.8. The van der Waals surface area contributed by atoms with Crippen LogP contribution in [0.25, 0.3) is 0 Å². The van der Waals surface area contributed by atoms with E-state index in [2.05, 4.69) is 5.32 Å². The minimum Gasteiger partial charge on any atom is -0.497 e. The maximum atomic E-state index is 12.2. The fraction of sp³-hybridized carbons (Fsp3) is 0.429. The van der Waals surface area contributed by atoms with Gasteiger partial charge in [0.15, 0.2) is 0 Å². The summed E-state index contributed by atoms with van der Waals surface area (Å²) >= 11 is 0. The highest BCUT2D eigenvalue weighted by Crippen LogP contribution is 2.35. The van der Waals surface area contributed by atoms with E-state index in [1.807, 2.05) is 0 Å². The van der Waals surface area contributed by atoms with E-state index < -0.39 is 11.7 Å². The maximum Gasteiger partial charge on any atom is 0.299 e. The van der Waals surface area contributed by atoms with Crippen LogP contribution in [0.2, 0.25) is 0 Å². The van der Waals surface area contributed by atoms with E-state index in [4.69, 9.17) is 4.74 Å². The Hall–Kier alpha value is -1.88. The molecule has 5 nitrogen and oxygen atoms in total. The Balaban J connectivity index is 2.01. The fourth-order valence-corrected chi connectivity index (χ4v) is 2.79. The minimum atomic E-state index is -0.407. The van der Waals surface area contributed by atoms with Gasteiger partial charge in [-0.15, -0.1) is 0 Å². The van der Waals surface area contributed by atoms with Gasteiger partial charge < -0.3 is 15.0 Å². The summed E-state index contributed by atoms with van der Waals surface area (Å²) in [5.41, 5.74) is 1.19. The number of amides is 1. The number of nitrogens with zero attached hydrogens (tertiary/aromatic N) is 1. The summed E-state index contributed by atoms with van der Waals surface area (Å²) in [5, 5.41) is 3.26. The van der Waals surface area contributed by atoms with E-state index in [0.29, 0.717) is 17.0 Å². The van der Waals surface area contributed by atoms with Crippen LogP contribution in [0.5, 0.6) is 5.75 Å². The first-order chi connectivity index (χ1) is 9.22. The number of carbonyl (C=O) groups excluding carboxylic acids is 2. The summed E-state index contributed by atoms with van der Waals surface area (Å²) in [6.07, 6.45) is 1.74. The Labute approximate surface area is 111 Å². The van der Waals surface area contributed by atoms with E-state index >= 15 is 0 Å². The molecule has 2 aliphatic heterocycles. The quantitative estimate of drug-likeness (QED) is 0.805. The number of hydrogen-bond donors (Lipinski definition) is 1. The number of carbonyl (C=O) groups is 2. The molecule has 0 unspecified atom stereocenters. The van der Waals surface area contributed by atoms with Crippen LogP contribution < -0.4 is 15.0 Å². The molecule has 2 aliphatic rings. The first-order valence-electron chi connectivity index (χ1n) is 6.49. The molecule has 1 amide bonds. The number of ketones is 1. The van der Waals surface area contributed by atoms with Crippen molar-refractivity contribution in [2.75, 3.05) is 25.1 Å². The number of fused-ring (bicyclic) bond motifs is 1. The molecule has 1 aromatic rings. The third-order valence-corrected chi connectivity index (χ3v) is 3.80. The van der Waals surface area contributed by atoms with Crippen LogP contribution in [-0.2, 0) is 4.79 Å². The van der Waals surface area contributed by atoms with Crippen molar-refractivity contribution in [2.45, 2.75) is 18.9 Å². The fourth-order valence-electron chi connectivity index (χ4n) is 2.79. The average Bonchev–Trinajstić information content (AvgIpc) is 2.71. The zero-order chi connectivity index (χ0) is 13.4. The lowest BCUT2D eigenvalue weighted by molar-refractivity contribution is -0.114. The Morgan fingerprint density at radius 3 is 2.68 bits per heavy atom. The van der Waals surface area contributed by atoms with Crippen LogP contribution in [0, 0.1) is 0 Å². The Morgan fingerprint density at radius 1 is 1.26 bits per heavy atom. The van der Waals surface area contributed by atoms with Gasteiger partial charge in [-0.05, 0) is 38.1 Å². The van der Waals surface area contributed by atoms with Crippen molar-refractivity contribution in [3.05, 3.63) is 23.8 Å². The molecular formula is C14H16N2O3. The number of benzene rings is 1. The van der Waals surface area contributed by atoms with Crippen molar-refractivity contribution < 1.29 is 14.3 Å². The van der Waals surface area contributed by atoms with Gasteiger partial charge in [0.05, 0.1) is 18.4 Å². The van der Waals surface area contributed by atoms with Gasteiger partial charge in [-0.1, -0.05) is 0 Å². The largest absolute Gasteiger partial charge is 0.497 e. The average molecular weight is 260 g/mol. The van der Waals surface area contributed by atoms with Gasteiger partial charge >= 0.3 is 0 Å². The molecule has 1 fully saturated rings. The van der Waals surface area contributed by atoms with Gasteiger partial charge in [0.1, 0.15) is 5.75 Å². The molecule has 0 bridgehead atoms. The third-order valence-electron chi connectivity index (χ3n) is 3.80. The number of hydrogen-bond acceptors (Lipinski definition) is 4. The topological polar surface area (TPSA) is 58.6 Å². The van der Waals surface area contributed by atoms with E-state index in [9.17, 15) is 9.59 Å². The lowest BCUT2D eigenvalue weighted by atomic mass is 10.0. The molecular weight excluding hydrogens is 244 g/mol. The van der Waals surface area contributed by atoms with Gasteiger partial charge in [0.2, 0.25) is 0 Å². The molecule has 0 radical (unpaired) electrons. The van der Waals surface area contributed by atoms with Crippen molar-refractivity contribution in [2.24, 2.45) is 0 Å². The summed E-state index contributed by atoms with van der Waals surface area (Å²) in [4.78, 5) is 25.8. The third kappa shape index (κ3) is 1.90. The molecule has 100 valence electrons. The predicted molar refractivity (Wildman–Crippen MR) is 70.7 cm³/mol. The van der Waals surface area contributed by atoms with E-state index in [-0.39, 0.29) is 6.04 Å². The highest BCUT2D eigenvalue weighted by atomic mass is 16.5. The van der Waals surface area contributed by atoms with Gasteiger partial charge in [0.25, 0.3) is 11.7 Å². The van der Waals surface area contributed by atoms with Crippen LogP contribution in [-0.4, -0.2) is 37.9 Å². The smallest absolute Gasteiger partial charge is 0.299 e. The first kappa shape index (κ1) is 12.2. The number of Topliss-reactive ketones (excluding diaryl/α,β-unsaturated/α-hetero) is 1. The summed E-state index contributed by atoms with van der Waals surface area (Å²) in [6, 6.07) is 5.28. The second-order valence-electron chi connectivity index (χ2n) is 4.87. The number of methoxy groups -OCH3 is 1. The number of rotatable bonds is 2. The molecule has 0 saturated carbocycles. The number of anilines is 1. The zero-order valence-electron chi connectivity index (χ0n) is 10.8. The van der Waals surface area contributed by atoms with Crippen molar-refractivity contribution >= 4 is 17.4 Å². The lowest BCUT2D eigenvalue weighted by Gasteiger charge is -2.31. The van der Waals surface area contributed by atoms with E-state index in [0.717, 1.165) is 25.9 Å². The van der Waals surface area contributed by atoms with Crippen molar-refractivity contribution in [3.8, 4) is 5.75 Å². The van der Waals surface area contributed by atoms with Crippen molar-refractivity contribution in [1.29, 1.82) is 0 Å². The van der Waals surface area contributed by atoms with E-state index in [1.54, 1.807) is 30.2 Å². The second kappa shape index (κ2) is 4.66. The van der Waals surface area contributed by atoms with Crippen molar-refractivity contribution in [3.63, 3.8) is 0 Å². The highest BCUT2D eigenvalue weighted by Gasteiger charge is 2.40. The molecule has 5 heteroatoms. The summed E-state index contributed by atoms with van der Waals surface area (Å²) in [7, 11) is 1.58. The molecule has 1 saturated heterocycles. The minimum absolute atomic E-state index is 0.103. The summed E-state index contributed by atoms with van der Waals surface area (Å²) in [5.74, 6) is -0.147. The van der Waals surface area contributed by atoms with Gasteiger partial charge in [-0.2, -0.15) is 0 Å². The normalized spacial score (nSPS) is 19.7.